The highest BCUT2D eigenvalue weighted by Crippen LogP contribution is 2.42. The van der Waals surface area contributed by atoms with Crippen molar-refractivity contribution in [1.82, 2.24) is 4.90 Å². The number of rotatable bonds is 5. The molecule has 1 aromatic rings. The summed E-state index contributed by atoms with van der Waals surface area (Å²) in [5.41, 5.74) is 8.84. The van der Waals surface area contributed by atoms with Crippen LogP contribution in [0.5, 0.6) is 5.75 Å². The van der Waals surface area contributed by atoms with Crippen molar-refractivity contribution in [3.8, 4) is 5.75 Å². The first-order valence-corrected chi connectivity index (χ1v) is 8.38. The van der Waals surface area contributed by atoms with Gasteiger partial charge in [0, 0.05) is 12.5 Å². The maximum absolute atomic E-state index is 6.21. The molecule has 2 bridgehead atoms. The Morgan fingerprint density at radius 1 is 1.33 bits per heavy atom. The number of ether oxygens (including phenoxy) is 1. The molecular formula is C18H28N2O. The normalized spacial score (nSPS) is 29.4. The molecule has 116 valence electrons. The van der Waals surface area contributed by atoms with Crippen LogP contribution >= 0.6 is 0 Å². The van der Waals surface area contributed by atoms with Gasteiger partial charge in [0.15, 0.2) is 0 Å². The Kier molecular flexibility index (Phi) is 4.51. The molecule has 0 amide bonds. The molecule has 1 aromatic carbocycles. The summed E-state index contributed by atoms with van der Waals surface area (Å²) < 4.78 is 5.88. The van der Waals surface area contributed by atoms with Gasteiger partial charge in [0.2, 0.25) is 0 Å². The first-order valence-electron chi connectivity index (χ1n) is 8.38. The van der Waals surface area contributed by atoms with Gasteiger partial charge in [-0.15, -0.1) is 0 Å². The molecule has 3 nitrogen and oxygen atoms in total. The van der Waals surface area contributed by atoms with Gasteiger partial charge < -0.3 is 15.4 Å². The number of hydrogen-bond acceptors (Lipinski definition) is 3. The molecule has 2 unspecified atom stereocenters. The summed E-state index contributed by atoms with van der Waals surface area (Å²) in [6.45, 7) is 9.42. The Morgan fingerprint density at radius 3 is 2.67 bits per heavy atom. The third-order valence-corrected chi connectivity index (χ3v) is 5.34. The number of piperidine rings is 3. The lowest BCUT2D eigenvalue weighted by Crippen LogP contribution is -2.50. The molecule has 3 saturated heterocycles. The Bertz CT molecular complexity index is 480. The largest absolute Gasteiger partial charge is 0.494 e. The number of fused-ring (bicyclic) bond motifs is 3. The quantitative estimate of drug-likeness (QED) is 0.905. The highest BCUT2D eigenvalue weighted by molar-refractivity contribution is 5.40. The van der Waals surface area contributed by atoms with Crippen molar-refractivity contribution in [2.24, 2.45) is 17.6 Å². The van der Waals surface area contributed by atoms with Crippen molar-refractivity contribution >= 4 is 0 Å². The second kappa shape index (κ2) is 6.37. The van der Waals surface area contributed by atoms with E-state index in [0.29, 0.717) is 18.4 Å². The van der Waals surface area contributed by atoms with E-state index >= 15 is 0 Å². The molecule has 3 aliphatic rings. The smallest absolute Gasteiger partial charge is 0.122 e. The number of nitrogens with two attached hydrogens (primary N) is 1. The second-order valence-corrected chi connectivity index (χ2v) is 6.62. The van der Waals surface area contributed by atoms with E-state index < -0.39 is 0 Å². The number of nitrogens with zero attached hydrogens (tertiary/aromatic N) is 1. The lowest BCUT2D eigenvalue weighted by Gasteiger charge is -2.48. The van der Waals surface area contributed by atoms with Crippen LogP contribution in [0.4, 0.5) is 0 Å². The van der Waals surface area contributed by atoms with E-state index in [1.54, 1.807) is 0 Å². The molecule has 3 heterocycles. The van der Waals surface area contributed by atoms with Crippen molar-refractivity contribution in [2.75, 3.05) is 32.8 Å². The van der Waals surface area contributed by atoms with E-state index in [9.17, 15) is 0 Å². The lowest BCUT2D eigenvalue weighted by atomic mass is 9.70. The molecule has 3 aliphatic heterocycles. The third kappa shape index (κ3) is 2.95. The van der Waals surface area contributed by atoms with E-state index in [1.807, 2.05) is 0 Å². The van der Waals surface area contributed by atoms with Crippen LogP contribution in [0.2, 0.25) is 0 Å². The Hall–Kier alpha value is -1.06. The summed E-state index contributed by atoms with van der Waals surface area (Å²) in [6.07, 6.45) is 2.69. The third-order valence-electron chi connectivity index (χ3n) is 5.34. The fourth-order valence-electron chi connectivity index (χ4n) is 4.24. The van der Waals surface area contributed by atoms with Crippen LogP contribution in [-0.4, -0.2) is 37.7 Å². The van der Waals surface area contributed by atoms with Gasteiger partial charge in [-0.25, -0.2) is 0 Å². The Balaban J connectivity index is 1.90. The van der Waals surface area contributed by atoms with Crippen LogP contribution in [0.25, 0.3) is 0 Å². The van der Waals surface area contributed by atoms with E-state index in [4.69, 9.17) is 10.5 Å². The van der Waals surface area contributed by atoms with Crippen LogP contribution in [0.1, 0.15) is 36.8 Å². The zero-order chi connectivity index (χ0) is 14.8. The summed E-state index contributed by atoms with van der Waals surface area (Å²) in [7, 11) is 0. The maximum Gasteiger partial charge on any atom is 0.122 e. The summed E-state index contributed by atoms with van der Waals surface area (Å²) in [5.74, 6) is 3.01. The topological polar surface area (TPSA) is 38.5 Å². The van der Waals surface area contributed by atoms with E-state index in [-0.39, 0.29) is 0 Å². The number of benzene rings is 1. The fourth-order valence-corrected chi connectivity index (χ4v) is 4.24. The first kappa shape index (κ1) is 14.9. The molecular weight excluding hydrogens is 260 g/mol. The highest BCUT2D eigenvalue weighted by Gasteiger charge is 2.39. The zero-order valence-corrected chi connectivity index (χ0v) is 13.3. The number of hydrogen-bond donors (Lipinski definition) is 1. The van der Waals surface area contributed by atoms with Gasteiger partial charge in [-0.2, -0.15) is 0 Å². The molecule has 3 fully saturated rings. The van der Waals surface area contributed by atoms with Gasteiger partial charge in [-0.3, -0.25) is 0 Å². The minimum absolute atomic E-state index is 0.430. The van der Waals surface area contributed by atoms with Gasteiger partial charge >= 0.3 is 0 Å². The van der Waals surface area contributed by atoms with Crippen molar-refractivity contribution in [2.45, 2.75) is 32.6 Å². The standard InChI is InChI=1S/C18H28N2O/c1-3-21-18-5-4-13(2)10-15(18)16(11-19)17-12-20-8-6-14(17)7-9-20/h4-5,10,14,16-17H,3,6-9,11-12,19H2,1-2H3. The minimum Gasteiger partial charge on any atom is -0.494 e. The second-order valence-electron chi connectivity index (χ2n) is 6.62. The van der Waals surface area contributed by atoms with Gasteiger partial charge in [-0.05, 0) is 69.8 Å². The van der Waals surface area contributed by atoms with Gasteiger partial charge in [0.25, 0.3) is 0 Å². The predicted octanol–water partition coefficient (Wildman–Crippen LogP) is 2.78. The minimum atomic E-state index is 0.430. The van der Waals surface area contributed by atoms with Crippen molar-refractivity contribution in [3.63, 3.8) is 0 Å². The van der Waals surface area contributed by atoms with Crippen LogP contribution in [0.3, 0.4) is 0 Å². The lowest BCUT2D eigenvalue weighted by molar-refractivity contribution is 0.0374. The van der Waals surface area contributed by atoms with E-state index in [2.05, 4.69) is 36.9 Å². The Labute approximate surface area is 128 Å². The van der Waals surface area contributed by atoms with E-state index in [0.717, 1.165) is 18.2 Å². The van der Waals surface area contributed by atoms with Crippen LogP contribution in [0, 0.1) is 18.8 Å². The van der Waals surface area contributed by atoms with Crippen LogP contribution in [0.15, 0.2) is 18.2 Å². The van der Waals surface area contributed by atoms with Crippen molar-refractivity contribution in [1.29, 1.82) is 0 Å². The molecule has 2 N–H and O–H groups in total. The molecule has 0 saturated carbocycles. The Morgan fingerprint density at radius 2 is 2.10 bits per heavy atom. The van der Waals surface area contributed by atoms with Gasteiger partial charge in [0.05, 0.1) is 6.61 Å². The van der Waals surface area contributed by atoms with Crippen molar-refractivity contribution in [3.05, 3.63) is 29.3 Å². The molecule has 0 radical (unpaired) electrons. The zero-order valence-electron chi connectivity index (χ0n) is 13.3. The average molecular weight is 288 g/mol. The molecule has 3 heteroatoms. The average Bonchev–Trinajstić information content (AvgIpc) is 2.52. The maximum atomic E-state index is 6.21. The molecule has 4 rings (SSSR count). The monoisotopic (exact) mass is 288 g/mol. The number of aryl methyl sites for hydroxylation is 1. The molecule has 21 heavy (non-hydrogen) atoms. The summed E-state index contributed by atoms with van der Waals surface area (Å²) >= 11 is 0. The summed E-state index contributed by atoms with van der Waals surface area (Å²) in [5, 5.41) is 0. The molecule has 0 aliphatic carbocycles. The van der Waals surface area contributed by atoms with E-state index in [1.165, 1.54) is 43.6 Å². The SMILES string of the molecule is CCOc1ccc(C)cc1C(CN)C1CN2CCC1CC2. The fraction of sp³-hybridized carbons (Fsp3) is 0.667. The van der Waals surface area contributed by atoms with Gasteiger partial charge in [-0.1, -0.05) is 17.7 Å². The molecule has 2 atom stereocenters. The first-order chi connectivity index (χ1) is 10.2. The van der Waals surface area contributed by atoms with Crippen LogP contribution in [-0.2, 0) is 0 Å². The summed E-state index contributed by atoms with van der Waals surface area (Å²) in [6, 6.07) is 6.55. The predicted molar refractivity (Wildman–Crippen MR) is 86.8 cm³/mol. The highest BCUT2D eigenvalue weighted by atomic mass is 16.5. The summed E-state index contributed by atoms with van der Waals surface area (Å²) in [4.78, 5) is 2.61. The molecule has 0 spiro atoms. The van der Waals surface area contributed by atoms with Crippen LogP contribution < -0.4 is 10.5 Å². The van der Waals surface area contributed by atoms with Gasteiger partial charge in [0.1, 0.15) is 5.75 Å². The molecule has 0 aromatic heterocycles. The van der Waals surface area contributed by atoms with Crippen molar-refractivity contribution < 1.29 is 4.74 Å².